The molecule has 1 aromatic carbocycles. The van der Waals surface area contributed by atoms with Gasteiger partial charge in [0.25, 0.3) is 0 Å². The number of thiazole rings is 1. The lowest BCUT2D eigenvalue weighted by Crippen LogP contribution is -2.16. The van der Waals surface area contributed by atoms with Crippen LogP contribution < -0.4 is 10.1 Å². The normalized spacial score (nSPS) is 12.4. The number of nitrogens with zero attached hydrogens (tertiary/aromatic N) is 1. The van der Waals surface area contributed by atoms with Gasteiger partial charge in [0.2, 0.25) is 0 Å². The van der Waals surface area contributed by atoms with Crippen molar-refractivity contribution in [2.75, 3.05) is 14.2 Å². The third kappa shape index (κ3) is 2.66. The molecule has 0 aliphatic carbocycles. The van der Waals surface area contributed by atoms with Crippen molar-refractivity contribution in [3.8, 4) is 5.75 Å². The summed E-state index contributed by atoms with van der Waals surface area (Å²) in [6.45, 7) is 2.00. The fourth-order valence-corrected chi connectivity index (χ4v) is 2.96. The highest BCUT2D eigenvalue weighted by Gasteiger charge is 2.16. The first-order valence-electron chi connectivity index (χ1n) is 5.58. The van der Waals surface area contributed by atoms with E-state index in [4.69, 9.17) is 16.3 Å². The summed E-state index contributed by atoms with van der Waals surface area (Å²) in [7, 11) is 3.55. The number of nitrogens with one attached hydrogen (secondary N) is 1. The van der Waals surface area contributed by atoms with E-state index in [1.54, 1.807) is 18.4 Å². The predicted octanol–water partition coefficient (Wildman–Crippen LogP) is 3.42. The summed E-state index contributed by atoms with van der Waals surface area (Å²) in [4.78, 5) is 5.47. The molecule has 3 nitrogen and oxygen atoms in total. The first kappa shape index (κ1) is 13.3. The zero-order valence-corrected chi connectivity index (χ0v) is 12.1. The van der Waals surface area contributed by atoms with Crippen molar-refractivity contribution in [3.05, 3.63) is 44.9 Å². The first-order valence-corrected chi connectivity index (χ1v) is 6.78. The molecule has 1 aromatic heterocycles. The molecule has 0 bridgehead atoms. The fourth-order valence-electron chi connectivity index (χ4n) is 1.84. The van der Waals surface area contributed by atoms with E-state index in [1.165, 1.54) is 4.88 Å². The lowest BCUT2D eigenvalue weighted by molar-refractivity contribution is 0.414. The third-order valence-electron chi connectivity index (χ3n) is 2.72. The fraction of sp³-hybridized carbons (Fsp3) is 0.308. The molecule has 0 fully saturated rings. The Bertz CT molecular complexity index is 542. The Morgan fingerprint density at radius 2 is 2.22 bits per heavy atom. The van der Waals surface area contributed by atoms with Crippen LogP contribution in [0.25, 0.3) is 0 Å². The maximum atomic E-state index is 6.04. The summed E-state index contributed by atoms with van der Waals surface area (Å²) in [5.41, 5.74) is 1.11. The van der Waals surface area contributed by atoms with Crippen molar-refractivity contribution >= 4 is 22.9 Å². The van der Waals surface area contributed by atoms with Gasteiger partial charge in [0.15, 0.2) is 0 Å². The van der Waals surface area contributed by atoms with Crippen LogP contribution in [0.5, 0.6) is 5.75 Å². The summed E-state index contributed by atoms with van der Waals surface area (Å²) in [6.07, 6.45) is 1.91. The van der Waals surface area contributed by atoms with Crippen LogP contribution in [0.3, 0.4) is 0 Å². The Morgan fingerprint density at radius 1 is 1.44 bits per heavy atom. The molecule has 96 valence electrons. The van der Waals surface area contributed by atoms with Crippen LogP contribution in [0.4, 0.5) is 0 Å². The van der Waals surface area contributed by atoms with Crippen LogP contribution in [-0.4, -0.2) is 19.1 Å². The quantitative estimate of drug-likeness (QED) is 0.933. The Balaban J connectivity index is 2.38. The van der Waals surface area contributed by atoms with E-state index < -0.39 is 0 Å². The molecule has 0 aliphatic rings. The van der Waals surface area contributed by atoms with Crippen molar-refractivity contribution in [2.45, 2.75) is 13.0 Å². The highest BCUT2D eigenvalue weighted by atomic mass is 35.5. The van der Waals surface area contributed by atoms with Gasteiger partial charge in [-0.15, -0.1) is 11.3 Å². The number of aryl methyl sites for hydroxylation is 1. The number of ether oxygens (including phenoxy) is 1. The predicted molar refractivity (Wildman–Crippen MR) is 75.8 cm³/mol. The van der Waals surface area contributed by atoms with Gasteiger partial charge in [0.1, 0.15) is 5.75 Å². The minimum atomic E-state index is 0.113. The maximum absolute atomic E-state index is 6.04. The van der Waals surface area contributed by atoms with E-state index in [2.05, 4.69) is 10.3 Å². The molecule has 0 radical (unpaired) electrons. The van der Waals surface area contributed by atoms with Crippen molar-refractivity contribution in [3.63, 3.8) is 0 Å². The molecule has 5 heteroatoms. The maximum Gasteiger partial charge on any atom is 0.137 e. The molecule has 0 aliphatic heterocycles. The van der Waals surface area contributed by atoms with Crippen molar-refractivity contribution in [2.24, 2.45) is 0 Å². The number of aromatic nitrogens is 1. The van der Waals surface area contributed by atoms with Crippen molar-refractivity contribution < 1.29 is 4.74 Å². The van der Waals surface area contributed by atoms with E-state index in [1.807, 2.05) is 38.4 Å². The number of methoxy groups -OCH3 is 1. The lowest BCUT2D eigenvalue weighted by atomic mass is 10.1. The average Bonchev–Trinajstić information content (AvgIpc) is 2.79. The molecule has 1 heterocycles. The zero-order valence-electron chi connectivity index (χ0n) is 10.5. The molecular weight excluding hydrogens is 268 g/mol. The smallest absolute Gasteiger partial charge is 0.137 e. The van der Waals surface area contributed by atoms with Crippen LogP contribution in [-0.2, 0) is 0 Å². The second-order valence-corrected chi connectivity index (χ2v) is 5.57. The monoisotopic (exact) mass is 282 g/mol. The zero-order chi connectivity index (χ0) is 13.1. The molecule has 2 aromatic rings. The Labute approximate surface area is 116 Å². The van der Waals surface area contributed by atoms with Crippen LogP contribution in [0.2, 0.25) is 5.02 Å². The lowest BCUT2D eigenvalue weighted by Gasteiger charge is -2.16. The van der Waals surface area contributed by atoms with E-state index in [0.717, 1.165) is 10.6 Å². The van der Waals surface area contributed by atoms with E-state index in [0.29, 0.717) is 10.8 Å². The molecule has 1 unspecified atom stereocenters. The van der Waals surface area contributed by atoms with Gasteiger partial charge in [-0.1, -0.05) is 17.7 Å². The molecular formula is C13H15ClN2OS. The minimum Gasteiger partial charge on any atom is -0.495 e. The van der Waals surface area contributed by atoms with Crippen LogP contribution in [0, 0.1) is 6.92 Å². The number of hydrogen-bond acceptors (Lipinski definition) is 4. The molecule has 1 atom stereocenters. The van der Waals surface area contributed by atoms with Crippen LogP contribution in [0.1, 0.15) is 21.5 Å². The van der Waals surface area contributed by atoms with E-state index >= 15 is 0 Å². The van der Waals surface area contributed by atoms with Crippen molar-refractivity contribution in [1.29, 1.82) is 0 Å². The van der Waals surface area contributed by atoms with E-state index in [-0.39, 0.29) is 6.04 Å². The molecule has 0 amide bonds. The van der Waals surface area contributed by atoms with E-state index in [9.17, 15) is 0 Å². The molecule has 2 rings (SSSR count). The van der Waals surface area contributed by atoms with Gasteiger partial charge in [-0.25, -0.2) is 4.98 Å². The van der Waals surface area contributed by atoms with Gasteiger partial charge in [-0.2, -0.15) is 0 Å². The Hall–Kier alpha value is -1.10. The summed E-state index contributed by atoms with van der Waals surface area (Å²) < 4.78 is 5.25. The van der Waals surface area contributed by atoms with Gasteiger partial charge in [-0.3, -0.25) is 0 Å². The number of rotatable bonds is 4. The SMILES string of the molecule is CNC(c1ccc(Cl)c(OC)c1)c1cnc(C)s1. The highest BCUT2D eigenvalue weighted by Crippen LogP contribution is 2.32. The molecule has 18 heavy (non-hydrogen) atoms. The number of benzene rings is 1. The van der Waals surface area contributed by atoms with Gasteiger partial charge in [0, 0.05) is 11.1 Å². The molecule has 0 spiro atoms. The van der Waals surface area contributed by atoms with Gasteiger partial charge in [-0.05, 0) is 31.7 Å². The first-order chi connectivity index (χ1) is 8.65. The summed E-state index contributed by atoms with van der Waals surface area (Å²) >= 11 is 7.72. The van der Waals surface area contributed by atoms with Crippen LogP contribution >= 0.6 is 22.9 Å². The topological polar surface area (TPSA) is 34.1 Å². The third-order valence-corrected chi connectivity index (χ3v) is 4.01. The number of halogens is 1. The average molecular weight is 283 g/mol. The Morgan fingerprint density at radius 3 is 2.78 bits per heavy atom. The molecule has 0 saturated heterocycles. The largest absolute Gasteiger partial charge is 0.495 e. The highest BCUT2D eigenvalue weighted by molar-refractivity contribution is 7.11. The number of hydrogen-bond donors (Lipinski definition) is 1. The summed E-state index contributed by atoms with van der Waals surface area (Å²) in [5, 5.41) is 4.97. The Kier molecular flexibility index (Phi) is 4.22. The summed E-state index contributed by atoms with van der Waals surface area (Å²) in [5.74, 6) is 0.690. The second-order valence-electron chi connectivity index (χ2n) is 3.90. The van der Waals surface area contributed by atoms with Crippen molar-refractivity contribution in [1.82, 2.24) is 10.3 Å². The van der Waals surface area contributed by atoms with Gasteiger partial charge in [0.05, 0.1) is 23.2 Å². The van der Waals surface area contributed by atoms with Crippen LogP contribution in [0.15, 0.2) is 24.4 Å². The van der Waals surface area contributed by atoms with Gasteiger partial charge >= 0.3 is 0 Å². The van der Waals surface area contributed by atoms with Gasteiger partial charge < -0.3 is 10.1 Å². The molecule has 0 saturated carbocycles. The second kappa shape index (κ2) is 5.69. The standard InChI is InChI=1S/C13H15ClN2OS/c1-8-16-7-12(18-8)13(15-2)9-4-5-10(14)11(6-9)17-3/h4-7,13,15H,1-3H3. The molecule has 1 N–H and O–H groups in total. The minimum absolute atomic E-state index is 0.113. The summed E-state index contributed by atoms with van der Waals surface area (Å²) in [6, 6.07) is 5.93.